The third-order valence-corrected chi connectivity index (χ3v) is 4.50. The summed E-state index contributed by atoms with van der Waals surface area (Å²) in [4.78, 5) is 11.6. The molecular formula is C22H23NO2. The first kappa shape index (κ1) is 17.0. The minimum Gasteiger partial charge on any atom is -0.463 e. The van der Waals surface area contributed by atoms with Gasteiger partial charge in [-0.25, -0.2) is 4.79 Å². The van der Waals surface area contributed by atoms with Gasteiger partial charge in [0.25, 0.3) is 0 Å². The topological polar surface area (TPSA) is 31.2 Å². The van der Waals surface area contributed by atoms with Crippen LogP contribution in [0.25, 0.3) is 16.5 Å². The van der Waals surface area contributed by atoms with E-state index < -0.39 is 0 Å². The molecule has 2 aromatic carbocycles. The number of carbonyl (C=O) groups is 1. The highest BCUT2D eigenvalue weighted by Gasteiger charge is 2.11. The molecular weight excluding hydrogens is 310 g/mol. The van der Waals surface area contributed by atoms with Crippen LogP contribution >= 0.6 is 0 Å². The van der Waals surface area contributed by atoms with E-state index in [1.807, 2.05) is 19.9 Å². The normalized spacial score (nSPS) is 13.0. The van der Waals surface area contributed by atoms with Gasteiger partial charge in [-0.2, -0.15) is 0 Å². The third kappa shape index (κ3) is 3.66. The van der Waals surface area contributed by atoms with Gasteiger partial charge in [0.15, 0.2) is 0 Å². The second kappa shape index (κ2) is 7.39. The maximum Gasteiger partial charge on any atom is 0.331 e. The van der Waals surface area contributed by atoms with E-state index >= 15 is 0 Å². The van der Waals surface area contributed by atoms with Gasteiger partial charge in [-0.15, -0.1) is 0 Å². The molecule has 0 radical (unpaired) electrons. The zero-order chi connectivity index (χ0) is 17.8. The Balaban J connectivity index is 1.93. The molecule has 0 saturated heterocycles. The molecule has 0 bridgehead atoms. The zero-order valence-electron chi connectivity index (χ0n) is 14.9. The van der Waals surface area contributed by atoms with Crippen LogP contribution in [0.4, 0.5) is 0 Å². The van der Waals surface area contributed by atoms with Crippen LogP contribution in [0.1, 0.15) is 37.9 Å². The average Bonchev–Trinajstić information content (AvgIpc) is 3.05. The Kier molecular flexibility index (Phi) is 5.03. The van der Waals surface area contributed by atoms with Crippen LogP contribution in [0, 0.1) is 0 Å². The minimum atomic E-state index is -0.296. The van der Waals surface area contributed by atoms with Gasteiger partial charge in [0, 0.05) is 23.2 Å². The summed E-state index contributed by atoms with van der Waals surface area (Å²) in [5, 5.41) is 1.16. The fourth-order valence-electron chi connectivity index (χ4n) is 3.08. The van der Waals surface area contributed by atoms with E-state index in [0.29, 0.717) is 6.61 Å². The first-order valence-corrected chi connectivity index (χ1v) is 8.61. The molecule has 0 N–H and O–H groups in total. The minimum absolute atomic E-state index is 0.265. The Morgan fingerprint density at radius 1 is 1.16 bits per heavy atom. The van der Waals surface area contributed by atoms with E-state index in [9.17, 15) is 4.79 Å². The number of aromatic nitrogens is 1. The van der Waals surface area contributed by atoms with E-state index in [2.05, 4.69) is 66.2 Å². The molecule has 3 aromatic rings. The average molecular weight is 333 g/mol. The Morgan fingerprint density at radius 3 is 2.64 bits per heavy atom. The number of esters is 1. The van der Waals surface area contributed by atoms with Gasteiger partial charge in [-0.05, 0) is 55.7 Å². The molecule has 0 spiro atoms. The molecule has 0 fully saturated rings. The molecule has 1 atom stereocenters. The summed E-state index contributed by atoms with van der Waals surface area (Å²) in [7, 11) is 0. The lowest BCUT2D eigenvalue weighted by Gasteiger charge is -2.16. The van der Waals surface area contributed by atoms with Crippen LogP contribution in [0.15, 0.2) is 66.9 Å². The Morgan fingerprint density at radius 2 is 1.92 bits per heavy atom. The van der Waals surface area contributed by atoms with Crippen molar-refractivity contribution >= 4 is 22.4 Å². The number of nitrogens with zero attached hydrogens (tertiary/aromatic N) is 1. The number of allylic oxidation sites excluding steroid dienone is 1. The van der Waals surface area contributed by atoms with Crippen molar-refractivity contribution in [1.82, 2.24) is 4.57 Å². The smallest absolute Gasteiger partial charge is 0.331 e. The Bertz CT molecular complexity index is 906. The van der Waals surface area contributed by atoms with Crippen LogP contribution < -0.4 is 0 Å². The summed E-state index contributed by atoms with van der Waals surface area (Å²) in [5.74, 6) is -0.296. The van der Waals surface area contributed by atoms with Crippen molar-refractivity contribution in [1.29, 1.82) is 0 Å². The SMILES string of the molecule is CCOC(=O)/C=C(\C)c1ccc2c(ccn2C(C)c2ccccc2)c1. The Labute approximate surface area is 148 Å². The molecule has 0 aliphatic rings. The molecule has 3 rings (SSSR count). The number of hydrogen-bond acceptors (Lipinski definition) is 2. The van der Waals surface area contributed by atoms with E-state index in [1.54, 1.807) is 6.08 Å². The molecule has 128 valence electrons. The van der Waals surface area contributed by atoms with Crippen molar-refractivity contribution in [2.45, 2.75) is 26.8 Å². The van der Waals surface area contributed by atoms with Gasteiger partial charge in [-0.1, -0.05) is 36.4 Å². The molecule has 3 heteroatoms. The predicted octanol–water partition coefficient (Wildman–Crippen LogP) is 5.22. The molecule has 3 nitrogen and oxygen atoms in total. The zero-order valence-corrected chi connectivity index (χ0v) is 14.9. The van der Waals surface area contributed by atoms with E-state index in [-0.39, 0.29) is 12.0 Å². The van der Waals surface area contributed by atoms with Crippen LogP contribution in [-0.2, 0) is 9.53 Å². The van der Waals surface area contributed by atoms with E-state index in [4.69, 9.17) is 4.74 Å². The fourth-order valence-corrected chi connectivity index (χ4v) is 3.08. The highest BCUT2D eigenvalue weighted by Crippen LogP contribution is 2.27. The second-order valence-electron chi connectivity index (χ2n) is 6.16. The van der Waals surface area contributed by atoms with Crippen molar-refractivity contribution in [3.8, 4) is 0 Å². The number of hydrogen-bond donors (Lipinski definition) is 0. The van der Waals surface area contributed by atoms with E-state index in [0.717, 1.165) is 16.5 Å². The maximum atomic E-state index is 11.6. The summed E-state index contributed by atoms with van der Waals surface area (Å²) in [6.07, 6.45) is 3.67. The van der Waals surface area contributed by atoms with Crippen LogP contribution in [-0.4, -0.2) is 17.1 Å². The summed E-state index contributed by atoms with van der Waals surface area (Å²) in [5.41, 5.74) is 4.40. The lowest BCUT2D eigenvalue weighted by molar-refractivity contribution is -0.137. The molecule has 0 aliphatic carbocycles. The van der Waals surface area contributed by atoms with Gasteiger partial charge in [0.1, 0.15) is 0 Å². The molecule has 0 aliphatic heterocycles. The highest BCUT2D eigenvalue weighted by molar-refractivity contribution is 5.93. The van der Waals surface area contributed by atoms with Crippen molar-refractivity contribution in [2.24, 2.45) is 0 Å². The van der Waals surface area contributed by atoms with Crippen LogP contribution in [0.3, 0.4) is 0 Å². The summed E-state index contributed by atoms with van der Waals surface area (Å²) in [6, 6.07) is 19.2. The fraction of sp³-hybridized carbons (Fsp3) is 0.227. The lowest BCUT2D eigenvalue weighted by Crippen LogP contribution is -2.05. The molecule has 25 heavy (non-hydrogen) atoms. The Hall–Kier alpha value is -2.81. The summed E-state index contributed by atoms with van der Waals surface area (Å²) < 4.78 is 7.26. The number of ether oxygens (including phenoxy) is 1. The predicted molar refractivity (Wildman–Crippen MR) is 102 cm³/mol. The third-order valence-electron chi connectivity index (χ3n) is 4.50. The van der Waals surface area contributed by atoms with Crippen molar-refractivity contribution < 1.29 is 9.53 Å². The van der Waals surface area contributed by atoms with Gasteiger partial charge in [-0.3, -0.25) is 0 Å². The molecule has 1 heterocycles. The standard InChI is InChI=1S/C22H23NO2/c1-4-25-22(24)14-16(2)19-10-11-21-20(15-19)12-13-23(21)17(3)18-8-6-5-7-9-18/h5-15,17H,4H2,1-3H3/b16-14+. The number of rotatable bonds is 5. The van der Waals surface area contributed by atoms with E-state index in [1.165, 1.54) is 11.1 Å². The van der Waals surface area contributed by atoms with Gasteiger partial charge >= 0.3 is 5.97 Å². The summed E-state index contributed by atoms with van der Waals surface area (Å²) in [6.45, 7) is 6.34. The maximum absolute atomic E-state index is 11.6. The van der Waals surface area contributed by atoms with Gasteiger partial charge < -0.3 is 9.30 Å². The highest BCUT2D eigenvalue weighted by atomic mass is 16.5. The number of benzene rings is 2. The first-order chi connectivity index (χ1) is 12.1. The van der Waals surface area contributed by atoms with Crippen molar-refractivity contribution in [3.63, 3.8) is 0 Å². The molecule has 1 aromatic heterocycles. The first-order valence-electron chi connectivity index (χ1n) is 8.61. The molecule has 0 saturated carbocycles. The lowest BCUT2D eigenvalue weighted by atomic mass is 10.0. The molecule has 1 unspecified atom stereocenters. The summed E-state index contributed by atoms with van der Waals surface area (Å²) >= 11 is 0. The molecule has 0 amide bonds. The van der Waals surface area contributed by atoms with Crippen LogP contribution in [0.5, 0.6) is 0 Å². The van der Waals surface area contributed by atoms with Gasteiger partial charge in [0.05, 0.1) is 12.6 Å². The number of fused-ring (bicyclic) bond motifs is 1. The van der Waals surface area contributed by atoms with Crippen molar-refractivity contribution in [2.75, 3.05) is 6.61 Å². The van der Waals surface area contributed by atoms with Crippen molar-refractivity contribution in [3.05, 3.63) is 78.0 Å². The largest absolute Gasteiger partial charge is 0.463 e. The quantitative estimate of drug-likeness (QED) is 0.474. The van der Waals surface area contributed by atoms with Crippen LogP contribution in [0.2, 0.25) is 0 Å². The monoisotopic (exact) mass is 333 g/mol. The number of carbonyl (C=O) groups excluding carboxylic acids is 1. The second-order valence-corrected chi connectivity index (χ2v) is 6.16. The van der Waals surface area contributed by atoms with Gasteiger partial charge in [0.2, 0.25) is 0 Å².